The second-order valence-electron chi connectivity index (χ2n) is 6.55. The number of oxazole rings is 1. The van der Waals surface area contributed by atoms with E-state index in [0.29, 0.717) is 23.3 Å². The number of nitrogens with zero attached hydrogens (tertiary/aromatic N) is 1. The lowest BCUT2D eigenvalue weighted by Gasteiger charge is -2.08. The van der Waals surface area contributed by atoms with Gasteiger partial charge in [0, 0.05) is 18.0 Å². The molecule has 0 fully saturated rings. The number of carboxylic acids is 1. The van der Waals surface area contributed by atoms with Gasteiger partial charge < -0.3 is 19.1 Å². The Morgan fingerprint density at radius 2 is 1.69 bits per heavy atom. The number of benzene rings is 3. The molecule has 0 radical (unpaired) electrons. The number of aliphatic carboxylic acids is 1. The largest absolute Gasteiger partial charge is 0.550 e. The summed E-state index contributed by atoms with van der Waals surface area (Å²) in [6.07, 6.45) is 1.45. The quantitative estimate of drug-likeness (QED) is 0.480. The predicted octanol–water partition coefficient (Wildman–Crippen LogP) is 4.09. The zero-order valence-corrected chi connectivity index (χ0v) is 15.6. The number of carbonyl (C=O) groups is 1. The van der Waals surface area contributed by atoms with Crippen LogP contribution in [0.15, 0.2) is 83.3 Å². The van der Waals surface area contributed by atoms with Crippen LogP contribution >= 0.6 is 0 Å². The fraction of sp³-hybridized carbons (Fsp3) is 0.0833. The minimum absolute atomic E-state index is 0.278. The Bertz CT molecular complexity index is 1110. The first-order valence-electron chi connectivity index (χ1n) is 9.20. The van der Waals surface area contributed by atoms with Gasteiger partial charge in [0.15, 0.2) is 5.58 Å². The van der Waals surface area contributed by atoms with Crippen LogP contribution in [0.25, 0.3) is 22.7 Å². The van der Waals surface area contributed by atoms with Gasteiger partial charge in [-0.1, -0.05) is 54.6 Å². The van der Waals surface area contributed by atoms with Crippen molar-refractivity contribution in [3.8, 4) is 5.75 Å². The number of fused-ring (bicyclic) bond motifs is 1. The number of rotatable bonds is 7. The third kappa shape index (κ3) is 4.71. The molecule has 144 valence electrons. The Morgan fingerprint density at radius 1 is 0.966 bits per heavy atom. The maximum Gasteiger partial charge on any atom is 0.223 e. The predicted molar refractivity (Wildman–Crippen MR) is 109 cm³/mol. The second kappa shape index (κ2) is 8.44. The molecule has 0 bridgehead atoms. The van der Waals surface area contributed by atoms with Gasteiger partial charge in [0.05, 0.1) is 0 Å². The Morgan fingerprint density at radius 3 is 2.41 bits per heavy atom. The van der Waals surface area contributed by atoms with Crippen LogP contribution in [0.5, 0.6) is 5.75 Å². The summed E-state index contributed by atoms with van der Waals surface area (Å²) >= 11 is 0. The maximum atomic E-state index is 11.2. The molecule has 0 unspecified atom stereocenters. The number of carbonyl (C=O) groups excluding carboxylic acids is 1. The topological polar surface area (TPSA) is 75.4 Å². The van der Waals surface area contributed by atoms with Crippen molar-refractivity contribution in [1.82, 2.24) is 4.98 Å². The molecule has 4 rings (SSSR count). The summed E-state index contributed by atoms with van der Waals surface area (Å²) in [5.41, 5.74) is 3.63. The Hall–Kier alpha value is -3.86. The van der Waals surface area contributed by atoms with E-state index in [1.54, 1.807) is 12.1 Å². The fourth-order valence-electron chi connectivity index (χ4n) is 2.96. The fourth-order valence-corrected chi connectivity index (χ4v) is 2.96. The third-order valence-electron chi connectivity index (χ3n) is 4.37. The molecular weight excluding hydrogens is 366 g/mol. The highest BCUT2D eigenvalue weighted by atomic mass is 16.5. The van der Waals surface area contributed by atoms with Gasteiger partial charge in [-0.3, -0.25) is 0 Å². The molecule has 0 aliphatic heterocycles. The lowest BCUT2D eigenvalue weighted by molar-refractivity contribution is -0.304. The van der Waals surface area contributed by atoms with Crippen molar-refractivity contribution >= 4 is 28.7 Å². The zero-order valence-electron chi connectivity index (χ0n) is 15.6. The van der Waals surface area contributed by atoms with E-state index in [9.17, 15) is 9.90 Å². The van der Waals surface area contributed by atoms with Gasteiger partial charge in [0.2, 0.25) is 5.89 Å². The molecule has 0 amide bonds. The molecule has 0 aliphatic carbocycles. The summed E-state index contributed by atoms with van der Waals surface area (Å²) in [5, 5.41) is 11.2. The van der Waals surface area contributed by atoms with Crippen LogP contribution in [0.2, 0.25) is 0 Å². The van der Waals surface area contributed by atoms with E-state index >= 15 is 0 Å². The van der Waals surface area contributed by atoms with E-state index in [1.165, 1.54) is 0 Å². The lowest BCUT2D eigenvalue weighted by Crippen LogP contribution is -2.22. The van der Waals surface area contributed by atoms with E-state index in [0.717, 1.165) is 16.9 Å². The van der Waals surface area contributed by atoms with Crippen molar-refractivity contribution in [2.24, 2.45) is 0 Å². The molecule has 3 aromatic carbocycles. The minimum Gasteiger partial charge on any atom is -0.550 e. The molecule has 5 nitrogen and oxygen atoms in total. The molecule has 0 saturated carbocycles. The lowest BCUT2D eigenvalue weighted by atomic mass is 10.1. The number of hydrogen-bond donors (Lipinski definition) is 0. The molecule has 4 aromatic rings. The van der Waals surface area contributed by atoms with E-state index in [-0.39, 0.29) is 12.3 Å². The second-order valence-corrected chi connectivity index (χ2v) is 6.55. The first-order valence-corrected chi connectivity index (χ1v) is 9.20. The molecule has 0 spiro atoms. The molecule has 0 atom stereocenters. The van der Waals surface area contributed by atoms with Crippen molar-refractivity contribution in [3.05, 3.63) is 95.9 Å². The van der Waals surface area contributed by atoms with Crippen LogP contribution in [0.4, 0.5) is 0 Å². The highest BCUT2D eigenvalue weighted by Crippen LogP contribution is 2.26. The highest BCUT2D eigenvalue weighted by Gasteiger charge is 2.11. The summed E-state index contributed by atoms with van der Waals surface area (Å²) in [6.45, 7) is 0.481. The zero-order chi connectivity index (χ0) is 20.1. The first kappa shape index (κ1) is 18.5. The van der Waals surface area contributed by atoms with Gasteiger partial charge in [-0.25, -0.2) is 4.98 Å². The number of ether oxygens (including phenoxy) is 1. The summed E-state index contributed by atoms with van der Waals surface area (Å²) in [5.74, 6) is -0.185. The van der Waals surface area contributed by atoms with Gasteiger partial charge in [-0.15, -0.1) is 0 Å². The number of para-hydroxylation sites is 2. The minimum atomic E-state index is -1.19. The average Bonchev–Trinajstić information content (AvgIpc) is 3.17. The highest BCUT2D eigenvalue weighted by molar-refractivity contribution is 5.90. The summed E-state index contributed by atoms with van der Waals surface area (Å²) in [7, 11) is 0. The number of aromatic nitrogens is 1. The Labute approximate surface area is 167 Å². The van der Waals surface area contributed by atoms with E-state index in [4.69, 9.17) is 9.15 Å². The molecule has 1 aromatic heterocycles. The van der Waals surface area contributed by atoms with E-state index < -0.39 is 5.97 Å². The van der Waals surface area contributed by atoms with Crippen LogP contribution in [-0.2, 0) is 11.4 Å². The molecule has 1 heterocycles. The third-order valence-corrected chi connectivity index (χ3v) is 4.37. The monoisotopic (exact) mass is 384 g/mol. The van der Waals surface area contributed by atoms with Crippen molar-refractivity contribution in [2.45, 2.75) is 13.0 Å². The van der Waals surface area contributed by atoms with E-state index in [2.05, 4.69) is 4.98 Å². The van der Waals surface area contributed by atoms with E-state index in [1.807, 2.05) is 72.8 Å². The summed E-state index contributed by atoms with van der Waals surface area (Å²) in [4.78, 5) is 15.6. The Kier molecular flexibility index (Phi) is 5.38. The van der Waals surface area contributed by atoms with Gasteiger partial charge in [-0.2, -0.15) is 0 Å². The SMILES string of the molecule is O=C([O-])C/C(=C\c1ccc(OCc2ccccc2)cc1)c1nc2ccccc2o1. The normalized spacial score (nSPS) is 11.5. The van der Waals surface area contributed by atoms with Crippen LogP contribution in [0.3, 0.4) is 0 Å². The van der Waals surface area contributed by atoms with Gasteiger partial charge >= 0.3 is 0 Å². The van der Waals surface area contributed by atoms with Crippen LogP contribution in [0.1, 0.15) is 23.4 Å². The van der Waals surface area contributed by atoms with Gasteiger partial charge in [0.1, 0.15) is 17.9 Å². The van der Waals surface area contributed by atoms with Crippen LogP contribution in [0, 0.1) is 0 Å². The van der Waals surface area contributed by atoms with Crippen molar-refractivity contribution < 1.29 is 19.1 Å². The van der Waals surface area contributed by atoms with Crippen LogP contribution < -0.4 is 9.84 Å². The first-order chi connectivity index (χ1) is 14.2. The molecule has 29 heavy (non-hydrogen) atoms. The maximum absolute atomic E-state index is 11.2. The molecular formula is C24H18NO4-. The average molecular weight is 384 g/mol. The summed E-state index contributed by atoms with van der Waals surface area (Å²) < 4.78 is 11.5. The van der Waals surface area contributed by atoms with Gasteiger partial charge in [-0.05, 0) is 41.5 Å². The molecule has 0 N–H and O–H groups in total. The van der Waals surface area contributed by atoms with Crippen molar-refractivity contribution in [2.75, 3.05) is 0 Å². The number of carboxylic acid groups (broad SMARTS) is 1. The standard InChI is InChI=1S/C24H19NO4/c26-23(27)15-19(24-25-21-8-4-5-9-22(21)29-24)14-17-10-12-20(13-11-17)28-16-18-6-2-1-3-7-18/h1-14H,15-16H2,(H,26,27)/p-1/b19-14+. The van der Waals surface area contributed by atoms with Crippen LogP contribution in [-0.4, -0.2) is 11.0 Å². The van der Waals surface area contributed by atoms with Gasteiger partial charge in [0.25, 0.3) is 0 Å². The Balaban J connectivity index is 1.54. The van der Waals surface area contributed by atoms with Crippen molar-refractivity contribution in [1.29, 1.82) is 0 Å². The molecule has 5 heteroatoms. The van der Waals surface area contributed by atoms with Crippen molar-refractivity contribution in [3.63, 3.8) is 0 Å². The number of hydrogen-bond acceptors (Lipinski definition) is 5. The summed E-state index contributed by atoms with van der Waals surface area (Å²) in [6, 6.07) is 24.6. The smallest absolute Gasteiger partial charge is 0.223 e. The molecule has 0 aliphatic rings. The molecule has 0 saturated heterocycles.